The van der Waals surface area contributed by atoms with Gasteiger partial charge in [0.2, 0.25) is 0 Å². The number of rotatable bonds is 2. The number of carbonyl (C=O) groups excluding carboxylic acids is 1. The molecule has 1 N–H and O–H groups in total. The first-order valence-corrected chi connectivity index (χ1v) is 8.21. The number of nitrogens with zero attached hydrogens (tertiary/aromatic N) is 2. The second kappa shape index (κ2) is 6.56. The van der Waals surface area contributed by atoms with E-state index in [1.807, 2.05) is 26.0 Å². The van der Waals surface area contributed by atoms with Gasteiger partial charge < -0.3 is 0 Å². The molecule has 0 saturated carbocycles. The molecular formula is C17H17Cl2N3O. The highest BCUT2D eigenvalue weighted by Gasteiger charge is 2.31. The lowest BCUT2D eigenvalue weighted by Gasteiger charge is -2.31. The summed E-state index contributed by atoms with van der Waals surface area (Å²) < 4.78 is 0. The van der Waals surface area contributed by atoms with Crippen molar-refractivity contribution in [3.05, 3.63) is 57.1 Å². The smallest absolute Gasteiger partial charge is 0.136 e. The van der Waals surface area contributed by atoms with Gasteiger partial charge in [0, 0.05) is 25.2 Å². The van der Waals surface area contributed by atoms with Crippen LogP contribution in [0, 0.1) is 13.8 Å². The van der Waals surface area contributed by atoms with Gasteiger partial charge in [-0.3, -0.25) is 20.1 Å². The highest BCUT2D eigenvalue weighted by molar-refractivity contribution is 6.30. The largest absolute Gasteiger partial charge is 0.300 e. The molecule has 3 rings (SSSR count). The third kappa shape index (κ3) is 3.55. The Bertz CT molecular complexity index is 702. The van der Waals surface area contributed by atoms with Gasteiger partial charge in [-0.15, -0.1) is 0 Å². The number of carbonyl (C=O) groups is 1. The lowest BCUT2D eigenvalue weighted by molar-refractivity contribution is -0.121. The van der Waals surface area contributed by atoms with Crippen LogP contribution in [0.5, 0.6) is 0 Å². The Morgan fingerprint density at radius 3 is 1.78 bits per heavy atom. The van der Waals surface area contributed by atoms with E-state index in [0.29, 0.717) is 22.9 Å². The van der Waals surface area contributed by atoms with Crippen LogP contribution in [0.1, 0.15) is 47.4 Å². The van der Waals surface area contributed by atoms with Crippen molar-refractivity contribution in [1.82, 2.24) is 15.3 Å². The van der Waals surface area contributed by atoms with E-state index in [9.17, 15) is 4.79 Å². The summed E-state index contributed by atoms with van der Waals surface area (Å²) in [5.74, 6) is 0.200. The van der Waals surface area contributed by atoms with Crippen molar-refractivity contribution in [2.45, 2.75) is 38.8 Å². The van der Waals surface area contributed by atoms with Crippen LogP contribution in [0.3, 0.4) is 0 Å². The maximum atomic E-state index is 12.2. The van der Waals surface area contributed by atoms with Crippen molar-refractivity contribution in [2.24, 2.45) is 0 Å². The zero-order valence-electron chi connectivity index (χ0n) is 12.9. The number of Topliss-reactive ketones (excluding diaryl/α,β-unsaturated/α-hetero) is 1. The first-order chi connectivity index (χ1) is 10.9. The van der Waals surface area contributed by atoms with Crippen LogP contribution in [-0.4, -0.2) is 15.8 Å². The predicted octanol–water partition coefficient (Wildman–Crippen LogP) is 4.14. The summed E-state index contributed by atoms with van der Waals surface area (Å²) in [5.41, 5.74) is 3.67. The molecule has 1 aliphatic rings. The van der Waals surface area contributed by atoms with Crippen molar-refractivity contribution in [1.29, 1.82) is 0 Å². The second-order valence-corrected chi connectivity index (χ2v) is 6.80. The summed E-state index contributed by atoms with van der Waals surface area (Å²) in [5, 5.41) is 4.70. The Balaban J connectivity index is 1.91. The summed E-state index contributed by atoms with van der Waals surface area (Å²) in [6.45, 7) is 3.91. The third-order valence-corrected chi connectivity index (χ3v) is 4.51. The molecule has 120 valence electrons. The SMILES string of the molecule is Cc1cc(Cl)cnc1[C@@H]1CC(=O)C[C@H](c2ncc(Cl)cc2C)N1. The highest BCUT2D eigenvalue weighted by atomic mass is 35.5. The number of halogens is 2. The van der Waals surface area contributed by atoms with Gasteiger partial charge in [0.1, 0.15) is 5.78 Å². The molecule has 0 unspecified atom stereocenters. The molecule has 2 atom stereocenters. The summed E-state index contributed by atoms with van der Waals surface area (Å²) >= 11 is 11.9. The average Bonchev–Trinajstić information content (AvgIpc) is 2.46. The van der Waals surface area contributed by atoms with E-state index >= 15 is 0 Å². The van der Waals surface area contributed by atoms with Gasteiger partial charge in [-0.1, -0.05) is 23.2 Å². The normalized spacial score (nSPS) is 21.5. The molecular weight excluding hydrogens is 333 g/mol. The van der Waals surface area contributed by atoms with Crippen molar-refractivity contribution in [2.75, 3.05) is 0 Å². The van der Waals surface area contributed by atoms with E-state index in [4.69, 9.17) is 23.2 Å². The minimum atomic E-state index is -0.129. The van der Waals surface area contributed by atoms with Gasteiger partial charge in [-0.25, -0.2) is 0 Å². The van der Waals surface area contributed by atoms with Crippen molar-refractivity contribution in [3.63, 3.8) is 0 Å². The first kappa shape index (κ1) is 16.4. The van der Waals surface area contributed by atoms with E-state index in [1.54, 1.807) is 12.4 Å². The molecule has 4 nitrogen and oxygen atoms in total. The van der Waals surface area contributed by atoms with Crippen molar-refractivity contribution >= 4 is 29.0 Å². The minimum Gasteiger partial charge on any atom is -0.300 e. The molecule has 1 fully saturated rings. The number of hydrogen-bond acceptors (Lipinski definition) is 4. The predicted molar refractivity (Wildman–Crippen MR) is 90.8 cm³/mol. The standard InChI is InChI=1S/C17H17Cl2N3O/c1-9-3-11(18)7-20-16(9)14-5-13(23)6-15(22-14)17-10(2)4-12(19)8-21-17/h3-4,7-8,14-15,22H,5-6H2,1-2H3/t14-,15+. The van der Waals surface area contributed by atoms with Crippen molar-refractivity contribution in [3.8, 4) is 0 Å². The molecule has 0 amide bonds. The Hall–Kier alpha value is -1.49. The topological polar surface area (TPSA) is 54.9 Å². The number of piperidine rings is 1. The van der Waals surface area contributed by atoms with Crippen LogP contribution in [0.25, 0.3) is 0 Å². The monoisotopic (exact) mass is 349 g/mol. The zero-order valence-corrected chi connectivity index (χ0v) is 14.4. The Kier molecular flexibility index (Phi) is 4.67. The fourth-order valence-electron chi connectivity index (χ4n) is 3.08. The number of nitrogens with one attached hydrogen (secondary N) is 1. The molecule has 0 aromatic carbocycles. The number of ketones is 1. The van der Waals surface area contributed by atoms with Gasteiger partial charge in [0.15, 0.2) is 0 Å². The molecule has 0 radical (unpaired) electrons. The number of pyridine rings is 2. The van der Waals surface area contributed by atoms with Crippen LogP contribution in [-0.2, 0) is 4.79 Å². The molecule has 2 aromatic rings. The lowest BCUT2D eigenvalue weighted by atomic mass is 9.90. The van der Waals surface area contributed by atoms with Gasteiger partial charge in [0.25, 0.3) is 0 Å². The quantitative estimate of drug-likeness (QED) is 0.885. The molecule has 1 aliphatic heterocycles. The third-order valence-electron chi connectivity index (χ3n) is 4.10. The Morgan fingerprint density at radius 2 is 1.39 bits per heavy atom. The molecule has 0 spiro atoms. The molecule has 23 heavy (non-hydrogen) atoms. The number of aryl methyl sites for hydroxylation is 2. The minimum absolute atomic E-state index is 0.129. The molecule has 6 heteroatoms. The molecule has 3 heterocycles. The Labute approximate surface area is 145 Å². The van der Waals surface area contributed by atoms with Gasteiger partial charge >= 0.3 is 0 Å². The van der Waals surface area contributed by atoms with Crippen LogP contribution < -0.4 is 5.32 Å². The van der Waals surface area contributed by atoms with Gasteiger partial charge in [0.05, 0.1) is 33.5 Å². The summed E-state index contributed by atoms with van der Waals surface area (Å²) in [6.07, 6.45) is 4.09. The van der Waals surface area contributed by atoms with Gasteiger partial charge in [-0.05, 0) is 37.1 Å². The second-order valence-electron chi connectivity index (χ2n) is 5.93. The van der Waals surface area contributed by atoms with E-state index in [1.165, 1.54) is 0 Å². The highest BCUT2D eigenvalue weighted by Crippen LogP contribution is 2.32. The molecule has 1 saturated heterocycles. The summed E-state index contributed by atoms with van der Waals surface area (Å²) in [4.78, 5) is 21.1. The zero-order chi connectivity index (χ0) is 16.6. The van der Waals surface area contributed by atoms with E-state index < -0.39 is 0 Å². The maximum absolute atomic E-state index is 12.2. The Morgan fingerprint density at radius 1 is 0.957 bits per heavy atom. The number of aromatic nitrogens is 2. The first-order valence-electron chi connectivity index (χ1n) is 7.46. The fourth-order valence-corrected chi connectivity index (χ4v) is 3.51. The summed E-state index contributed by atoms with van der Waals surface area (Å²) in [6, 6.07) is 3.47. The van der Waals surface area contributed by atoms with E-state index in [0.717, 1.165) is 22.5 Å². The average molecular weight is 350 g/mol. The van der Waals surface area contributed by atoms with Crippen LogP contribution in [0.4, 0.5) is 0 Å². The van der Waals surface area contributed by atoms with Gasteiger partial charge in [-0.2, -0.15) is 0 Å². The van der Waals surface area contributed by atoms with Crippen LogP contribution >= 0.6 is 23.2 Å². The van der Waals surface area contributed by atoms with E-state index in [-0.39, 0.29) is 17.9 Å². The van der Waals surface area contributed by atoms with Crippen LogP contribution in [0.15, 0.2) is 24.5 Å². The maximum Gasteiger partial charge on any atom is 0.136 e. The number of hydrogen-bond donors (Lipinski definition) is 1. The fraction of sp³-hybridized carbons (Fsp3) is 0.353. The van der Waals surface area contributed by atoms with Crippen molar-refractivity contribution < 1.29 is 4.79 Å². The molecule has 0 bridgehead atoms. The summed E-state index contributed by atoms with van der Waals surface area (Å²) in [7, 11) is 0. The lowest BCUT2D eigenvalue weighted by Crippen LogP contribution is -2.36. The molecule has 2 aromatic heterocycles. The van der Waals surface area contributed by atoms with E-state index in [2.05, 4.69) is 15.3 Å². The molecule has 0 aliphatic carbocycles. The van der Waals surface area contributed by atoms with Crippen LogP contribution in [0.2, 0.25) is 10.0 Å².